The van der Waals surface area contributed by atoms with Crippen LogP contribution in [0.5, 0.6) is 0 Å². The number of anilines is 1. The number of rotatable bonds is 8. The van der Waals surface area contributed by atoms with Crippen molar-refractivity contribution in [3.8, 4) is 0 Å². The molecule has 0 aliphatic carbocycles. The molecule has 0 fully saturated rings. The molecule has 0 atom stereocenters. The molecule has 2 rings (SSSR count). The van der Waals surface area contributed by atoms with Crippen LogP contribution in [-0.2, 0) is 4.79 Å². The number of hydrogen-bond acceptors (Lipinski definition) is 4. The smallest absolute Gasteiger partial charge is 0.286 e. The molecule has 2 aromatic rings. The van der Waals surface area contributed by atoms with Gasteiger partial charge in [0.15, 0.2) is 5.76 Å². The first kappa shape index (κ1) is 19.5. The van der Waals surface area contributed by atoms with Crippen LogP contribution in [0.4, 0.5) is 5.69 Å². The van der Waals surface area contributed by atoms with E-state index >= 15 is 0 Å². The van der Waals surface area contributed by atoms with Crippen LogP contribution in [0, 0.1) is 0 Å². The molecule has 7 nitrogen and oxygen atoms in total. The summed E-state index contributed by atoms with van der Waals surface area (Å²) in [6.45, 7) is 2.61. The maximum Gasteiger partial charge on any atom is 0.286 e. The van der Waals surface area contributed by atoms with Crippen LogP contribution >= 0.6 is 11.6 Å². The van der Waals surface area contributed by atoms with E-state index in [0.717, 1.165) is 6.42 Å². The molecule has 0 aliphatic heterocycles. The second-order valence-electron chi connectivity index (χ2n) is 5.48. The lowest BCUT2D eigenvalue weighted by atomic mass is 10.1. The molecule has 0 unspecified atom stereocenters. The zero-order valence-corrected chi connectivity index (χ0v) is 15.1. The molecule has 0 bridgehead atoms. The van der Waals surface area contributed by atoms with Crippen molar-refractivity contribution in [2.45, 2.75) is 19.8 Å². The molecule has 26 heavy (non-hydrogen) atoms. The third kappa shape index (κ3) is 5.63. The Balaban J connectivity index is 1.92. The van der Waals surface area contributed by atoms with E-state index in [9.17, 15) is 14.4 Å². The van der Waals surface area contributed by atoms with Crippen LogP contribution in [0.2, 0.25) is 5.02 Å². The van der Waals surface area contributed by atoms with Crippen molar-refractivity contribution in [2.75, 3.05) is 18.4 Å². The molecule has 8 heteroatoms. The van der Waals surface area contributed by atoms with Gasteiger partial charge in [-0.3, -0.25) is 14.4 Å². The minimum Gasteiger partial charge on any atom is -0.459 e. The standard InChI is InChI=1S/C18H20ClN3O4/c1-2-8-20-17(24)13-6-5-12(19)11-14(13)22-16(23)7-9-21-18(25)15-4-3-10-26-15/h3-6,10-11H,2,7-9H2,1H3,(H,20,24)(H,21,25)(H,22,23). The molecule has 138 valence electrons. The first-order valence-electron chi connectivity index (χ1n) is 8.20. The van der Waals surface area contributed by atoms with Crippen molar-refractivity contribution in [2.24, 2.45) is 0 Å². The quantitative estimate of drug-likeness (QED) is 0.658. The van der Waals surface area contributed by atoms with E-state index in [2.05, 4.69) is 16.0 Å². The third-order valence-electron chi connectivity index (χ3n) is 3.42. The van der Waals surface area contributed by atoms with Crippen LogP contribution < -0.4 is 16.0 Å². The van der Waals surface area contributed by atoms with Crippen molar-refractivity contribution in [3.05, 3.63) is 52.9 Å². The van der Waals surface area contributed by atoms with E-state index in [4.69, 9.17) is 16.0 Å². The summed E-state index contributed by atoms with van der Waals surface area (Å²) in [5.41, 5.74) is 0.657. The predicted octanol–water partition coefficient (Wildman–Crippen LogP) is 2.83. The maximum absolute atomic E-state index is 12.2. The average Bonchev–Trinajstić information content (AvgIpc) is 3.14. The third-order valence-corrected chi connectivity index (χ3v) is 3.65. The number of furan rings is 1. The molecule has 1 heterocycles. The summed E-state index contributed by atoms with van der Waals surface area (Å²) < 4.78 is 4.96. The Hall–Kier alpha value is -2.80. The van der Waals surface area contributed by atoms with Gasteiger partial charge in [-0.1, -0.05) is 18.5 Å². The summed E-state index contributed by atoms with van der Waals surface area (Å²) in [5.74, 6) is -0.859. The number of carbonyl (C=O) groups excluding carboxylic acids is 3. The zero-order chi connectivity index (χ0) is 18.9. The van der Waals surface area contributed by atoms with Crippen LogP contribution in [0.1, 0.15) is 40.7 Å². The summed E-state index contributed by atoms with van der Waals surface area (Å²) in [7, 11) is 0. The summed E-state index contributed by atoms with van der Waals surface area (Å²) >= 11 is 5.96. The van der Waals surface area contributed by atoms with Gasteiger partial charge >= 0.3 is 0 Å². The molecule has 3 N–H and O–H groups in total. The lowest BCUT2D eigenvalue weighted by molar-refractivity contribution is -0.116. The van der Waals surface area contributed by atoms with Gasteiger partial charge in [0.2, 0.25) is 5.91 Å². The Morgan fingerprint density at radius 1 is 1.08 bits per heavy atom. The van der Waals surface area contributed by atoms with E-state index in [0.29, 0.717) is 22.8 Å². The van der Waals surface area contributed by atoms with Crippen LogP contribution in [-0.4, -0.2) is 30.8 Å². The Morgan fingerprint density at radius 3 is 2.54 bits per heavy atom. The fourth-order valence-electron chi connectivity index (χ4n) is 2.15. The highest BCUT2D eigenvalue weighted by Crippen LogP contribution is 2.21. The fraction of sp³-hybridized carbons (Fsp3) is 0.278. The highest BCUT2D eigenvalue weighted by molar-refractivity contribution is 6.31. The molecule has 3 amide bonds. The van der Waals surface area contributed by atoms with Crippen LogP contribution in [0.15, 0.2) is 41.0 Å². The van der Waals surface area contributed by atoms with Crippen molar-refractivity contribution in [1.82, 2.24) is 10.6 Å². The van der Waals surface area contributed by atoms with Crippen molar-refractivity contribution >= 4 is 35.0 Å². The van der Waals surface area contributed by atoms with Gasteiger partial charge in [0.05, 0.1) is 17.5 Å². The van der Waals surface area contributed by atoms with Gasteiger partial charge in [-0.05, 0) is 36.8 Å². The van der Waals surface area contributed by atoms with Gasteiger partial charge in [-0.25, -0.2) is 0 Å². The molecular weight excluding hydrogens is 358 g/mol. The molecule has 0 saturated heterocycles. The minimum absolute atomic E-state index is 0.0367. The minimum atomic E-state index is -0.398. The fourth-order valence-corrected chi connectivity index (χ4v) is 2.32. The Bertz CT molecular complexity index is 775. The second kappa shape index (κ2) is 9.62. The number of amides is 3. The average molecular weight is 378 g/mol. The summed E-state index contributed by atoms with van der Waals surface area (Å²) in [4.78, 5) is 36.0. The van der Waals surface area contributed by atoms with E-state index < -0.39 is 5.91 Å². The SMILES string of the molecule is CCCNC(=O)c1ccc(Cl)cc1NC(=O)CCNC(=O)c1ccco1. The summed E-state index contributed by atoms with van der Waals surface area (Å²) in [6, 6.07) is 7.79. The lowest BCUT2D eigenvalue weighted by Gasteiger charge is -2.12. The summed E-state index contributed by atoms with van der Waals surface area (Å²) in [5, 5.41) is 8.39. The first-order valence-corrected chi connectivity index (χ1v) is 8.58. The predicted molar refractivity (Wildman–Crippen MR) is 98.4 cm³/mol. The van der Waals surface area contributed by atoms with E-state index in [1.54, 1.807) is 18.2 Å². The highest BCUT2D eigenvalue weighted by Gasteiger charge is 2.14. The lowest BCUT2D eigenvalue weighted by Crippen LogP contribution is -2.28. The number of hydrogen-bond donors (Lipinski definition) is 3. The van der Waals surface area contributed by atoms with Crippen molar-refractivity contribution in [3.63, 3.8) is 0 Å². The van der Waals surface area contributed by atoms with Gasteiger partial charge in [-0.15, -0.1) is 0 Å². The van der Waals surface area contributed by atoms with Gasteiger partial charge < -0.3 is 20.4 Å². The van der Waals surface area contributed by atoms with Crippen LogP contribution in [0.3, 0.4) is 0 Å². The molecular formula is C18H20ClN3O4. The number of benzene rings is 1. The number of nitrogens with one attached hydrogen (secondary N) is 3. The monoisotopic (exact) mass is 377 g/mol. The van der Waals surface area contributed by atoms with Gasteiger partial charge in [-0.2, -0.15) is 0 Å². The zero-order valence-electron chi connectivity index (χ0n) is 14.3. The Morgan fingerprint density at radius 2 is 1.85 bits per heavy atom. The highest BCUT2D eigenvalue weighted by atomic mass is 35.5. The molecule has 1 aromatic heterocycles. The maximum atomic E-state index is 12.2. The van der Waals surface area contributed by atoms with E-state index in [1.807, 2.05) is 6.92 Å². The Labute approximate surface area is 156 Å². The van der Waals surface area contributed by atoms with Gasteiger partial charge in [0, 0.05) is 24.5 Å². The molecule has 0 saturated carbocycles. The second-order valence-corrected chi connectivity index (χ2v) is 5.91. The molecule has 0 aliphatic rings. The van der Waals surface area contributed by atoms with Crippen LogP contribution in [0.25, 0.3) is 0 Å². The molecule has 0 radical (unpaired) electrons. The van der Waals surface area contributed by atoms with Gasteiger partial charge in [0.25, 0.3) is 11.8 Å². The van der Waals surface area contributed by atoms with Crippen molar-refractivity contribution < 1.29 is 18.8 Å². The normalized spacial score (nSPS) is 10.2. The number of halogens is 1. The Kier molecular flexibility index (Phi) is 7.23. The first-order chi connectivity index (χ1) is 12.5. The topological polar surface area (TPSA) is 100 Å². The van der Waals surface area contributed by atoms with Gasteiger partial charge in [0.1, 0.15) is 0 Å². The molecule has 1 aromatic carbocycles. The largest absolute Gasteiger partial charge is 0.459 e. The number of carbonyl (C=O) groups is 3. The summed E-state index contributed by atoms with van der Waals surface area (Å²) in [6.07, 6.45) is 2.23. The van der Waals surface area contributed by atoms with E-state index in [-0.39, 0.29) is 30.5 Å². The van der Waals surface area contributed by atoms with E-state index in [1.165, 1.54) is 18.4 Å². The van der Waals surface area contributed by atoms with Crippen molar-refractivity contribution in [1.29, 1.82) is 0 Å². The molecule has 0 spiro atoms.